The van der Waals surface area contributed by atoms with Gasteiger partial charge in [-0.25, -0.2) is 0 Å². The van der Waals surface area contributed by atoms with Crippen LogP contribution in [0.4, 0.5) is 0 Å². The molecule has 1 aromatic carbocycles. The summed E-state index contributed by atoms with van der Waals surface area (Å²) in [5.41, 5.74) is 1.07. The van der Waals surface area contributed by atoms with Crippen molar-refractivity contribution in [2.45, 2.75) is 25.8 Å². The lowest BCUT2D eigenvalue weighted by Crippen LogP contribution is -2.22. The maximum atomic E-state index is 6.20. The van der Waals surface area contributed by atoms with E-state index in [0.717, 1.165) is 28.0 Å². The zero-order valence-corrected chi connectivity index (χ0v) is 11.6. The minimum atomic E-state index is 0.144. The third-order valence-corrected chi connectivity index (χ3v) is 3.12. The molecule has 0 fully saturated rings. The SMILES string of the molecule is C#CCC(NCCC)c1ccc(Br)cc1Cl. The minimum Gasteiger partial charge on any atom is -0.309 e. The minimum absolute atomic E-state index is 0.144. The Morgan fingerprint density at radius 2 is 2.31 bits per heavy atom. The van der Waals surface area contributed by atoms with Gasteiger partial charge in [-0.3, -0.25) is 0 Å². The summed E-state index contributed by atoms with van der Waals surface area (Å²) < 4.78 is 0.983. The van der Waals surface area contributed by atoms with Gasteiger partial charge in [0.2, 0.25) is 0 Å². The monoisotopic (exact) mass is 299 g/mol. The summed E-state index contributed by atoms with van der Waals surface area (Å²) in [6, 6.07) is 6.04. The van der Waals surface area contributed by atoms with Gasteiger partial charge in [-0.1, -0.05) is 40.5 Å². The van der Waals surface area contributed by atoms with Crippen LogP contribution in [-0.4, -0.2) is 6.54 Å². The average molecular weight is 301 g/mol. The van der Waals surface area contributed by atoms with Gasteiger partial charge in [0.25, 0.3) is 0 Å². The van der Waals surface area contributed by atoms with Crippen LogP contribution >= 0.6 is 27.5 Å². The van der Waals surface area contributed by atoms with E-state index < -0.39 is 0 Å². The zero-order valence-electron chi connectivity index (χ0n) is 9.26. The van der Waals surface area contributed by atoms with E-state index in [-0.39, 0.29) is 6.04 Å². The van der Waals surface area contributed by atoms with Crippen LogP contribution in [0, 0.1) is 12.3 Å². The highest BCUT2D eigenvalue weighted by Gasteiger charge is 2.12. The molecule has 0 aliphatic carbocycles. The topological polar surface area (TPSA) is 12.0 Å². The molecule has 1 aromatic rings. The number of terminal acetylenes is 1. The lowest BCUT2D eigenvalue weighted by Gasteiger charge is -2.18. The van der Waals surface area contributed by atoms with Crippen LogP contribution in [0.5, 0.6) is 0 Å². The molecule has 1 atom stereocenters. The Bertz CT molecular complexity index is 384. The van der Waals surface area contributed by atoms with Crippen LogP contribution in [0.15, 0.2) is 22.7 Å². The summed E-state index contributed by atoms with van der Waals surface area (Å²) in [6.45, 7) is 3.07. The van der Waals surface area contributed by atoms with Gasteiger partial charge < -0.3 is 5.32 Å². The first-order chi connectivity index (χ1) is 7.69. The fourth-order valence-electron chi connectivity index (χ4n) is 1.51. The van der Waals surface area contributed by atoms with Crippen molar-refractivity contribution < 1.29 is 0 Å². The number of nitrogens with one attached hydrogen (secondary N) is 1. The van der Waals surface area contributed by atoms with Crippen molar-refractivity contribution in [1.29, 1.82) is 0 Å². The van der Waals surface area contributed by atoms with Gasteiger partial charge >= 0.3 is 0 Å². The largest absolute Gasteiger partial charge is 0.309 e. The Kier molecular flexibility index (Phi) is 5.90. The molecular formula is C13H15BrClN. The average Bonchev–Trinajstić information content (AvgIpc) is 2.25. The van der Waals surface area contributed by atoms with E-state index in [9.17, 15) is 0 Å². The van der Waals surface area contributed by atoms with Crippen molar-refractivity contribution in [1.82, 2.24) is 5.32 Å². The molecule has 0 radical (unpaired) electrons. The molecule has 1 nitrogen and oxygen atoms in total. The van der Waals surface area contributed by atoms with Gasteiger partial charge in [0.1, 0.15) is 0 Å². The number of benzene rings is 1. The normalized spacial score (nSPS) is 12.1. The maximum Gasteiger partial charge on any atom is 0.0465 e. The van der Waals surface area contributed by atoms with Gasteiger partial charge in [-0.15, -0.1) is 12.3 Å². The second-order valence-corrected chi connectivity index (χ2v) is 4.90. The Hall–Kier alpha value is -0.490. The van der Waals surface area contributed by atoms with Gasteiger partial charge in [-0.2, -0.15) is 0 Å². The molecule has 0 bridgehead atoms. The summed E-state index contributed by atoms with van der Waals surface area (Å²) in [4.78, 5) is 0. The van der Waals surface area contributed by atoms with Crippen molar-refractivity contribution in [3.05, 3.63) is 33.3 Å². The van der Waals surface area contributed by atoms with Crippen LogP contribution in [0.1, 0.15) is 31.4 Å². The molecule has 0 aliphatic heterocycles. The lowest BCUT2D eigenvalue weighted by atomic mass is 10.0. The van der Waals surface area contributed by atoms with Gasteiger partial charge in [-0.05, 0) is 30.7 Å². The molecule has 1 N–H and O–H groups in total. The predicted molar refractivity (Wildman–Crippen MR) is 73.6 cm³/mol. The predicted octanol–water partition coefficient (Wildman–Crippen LogP) is 4.17. The lowest BCUT2D eigenvalue weighted by molar-refractivity contribution is 0.543. The Labute approximate surface area is 111 Å². The molecule has 0 heterocycles. The molecule has 0 aromatic heterocycles. The Balaban J connectivity index is 2.88. The molecule has 0 saturated heterocycles. The van der Waals surface area contributed by atoms with E-state index in [1.165, 1.54) is 0 Å². The van der Waals surface area contributed by atoms with E-state index in [2.05, 4.69) is 34.1 Å². The Morgan fingerprint density at radius 3 is 2.88 bits per heavy atom. The summed E-state index contributed by atoms with van der Waals surface area (Å²) in [5, 5.41) is 4.15. The second-order valence-electron chi connectivity index (χ2n) is 3.58. The summed E-state index contributed by atoms with van der Waals surface area (Å²) in [7, 11) is 0. The quantitative estimate of drug-likeness (QED) is 0.805. The fourth-order valence-corrected chi connectivity index (χ4v) is 2.32. The summed E-state index contributed by atoms with van der Waals surface area (Å²) in [5.74, 6) is 2.68. The second kappa shape index (κ2) is 6.96. The van der Waals surface area contributed by atoms with E-state index >= 15 is 0 Å². The zero-order chi connectivity index (χ0) is 12.0. The Morgan fingerprint density at radius 1 is 1.56 bits per heavy atom. The highest BCUT2D eigenvalue weighted by Crippen LogP contribution is 2.28. The van der Waals surface area contributed by atoms with Crippen molar-refractivity contribution >= 4 is 27.5 Å². The number of halogens is 2. The fraction of sp³-hybridized carbons (Fsp3) is 0.385. The molecule has 1 unspecified atom stereocenters. The first-order valence-electron chi connectivity index (χ1n) is 5.30. The molecular weight excluding hydrogens is 286 g/mol. The van der Waals surface area contributed by atoms with Gasteiger partial charge in [0.15, 0.2) is 0 Å². The smallest absolute Gasteiger partial charge is 0.0465 e. The highest BCUT2D eigenvalue weighted by atomic mass is 79.9. The highest BCUT2D eigenvalue weighted by molar-refractivity contribution is 9.10. The number of hydrogen-bond acceptors (Lipinski definition) is 1. The molecule has 1 rings (SSSR count). The van der Waals surface area contributed by atoms with E-state index in [1.807, 2.05) is 18.2 Å². The third-order valence-electron chi connectivity index (χ3n) is 2.30. The van der Waals surface area contributed by atoms with Crippen molar-refractivity contribution in [2.75, 3.05) is 6.54 Å². The molecule has 86 valence electrons. The van der Waals surface area contributed by atoms with Crippen molar-refractivity contribution in [3.8, 4) is 12.3 Å². The standard InChI is InChI=1S/C13H15BrClN/c1-3-5-13(16-8-4-2)11-7-6-10(14)9-12(11)15/h1,6-7,9,13,16H,4-5,8H2,2H3. The van der Waals surface area contributed by atoms with E-state index in [0.29, 0.717) is 6.42 Å². The van der Waals surface area contributed by atoms with Crippen LogP contribution in [-0.2, 0) is 0 Å². The molecule has 16 heavy (non-hydrogen) atoms. The molecule has 0 aliphatic rings. The number of rotatable bonds is 5. The summed E-state index contributed by atoms with van der Waals surface area (Å²) in [6.07, 6.45) is 7.11. The van der Waals surface area contributed by atoms with Crippen LogP contribution in [0.25, 0.3) is 0 Å². The van der Waals surface area contributed by atoms with Crippen molar-refractivity contribution in [2.24, 2.45) is 0 Å². The van der Waals surface area contributed by atoms with Crippen molar-refractivity contribution in [3.63, 3.8) is 0 Å². The molecule has 0 spiro atoms. The first-order valence-corrected chi connectivity index (χ1v) is 6.48. The van der Waals surface area contributed by atoms with Gasteiger partial charge in [0, 0.05) is 22.0 Å². The van der Waals surface area contributed by atoms with Crippen LogP contribution < -0.4 is 5.32 Å². The van der Waals surface area contributed by atoms with E-state index in [4.69, 9.17) is 18.0 Å². The first kappa shape index (κ1) is 13.6. The third kappa shape index (κ3) is 3.83. The van der Waals surface area contributed by atoms with Crippen LogP contribution in [0.2, 0.25) is 5.02 Å². The van der Waals surface area contributed by atoms with Crippen LogP contribution in [0.3, 0.4) is 0 Å². The van der Waals surface area contributed by atoms with Gasteiger partial charge in [0.05, 0.1) is 0 Å². The number of hydrogen-bond donors (Lipinski definition) is 1. The summed E-state index contributed by atoms with van der Waals surface area (Å²) >= 11 is 9.59. The van der Waals surface area contributed by atoms with E-state index in [1.54, 1.807) is 0 Å². The molecule has 3 heteroatoms. The molecule has 0 saturated carbocycles. The maximum absolute atomic E-state index is 6.20. The molecule has 0 amide bonds.